The Hall–Kier alpha value is -1.44. The molecule has 1 aromatic rings. The SMILES string of the molecule is CCNC(=NCC(CO)Cc1ccc(OC(F)(F)F)cc1)NCCC(F)(F)F.I. The Balaban J connectivity index is 0.00000784. The van der Waals surface area contributed by atoms with Crippen molar-refractivity contribution in [2.24, 2.45) is 10.9 Å². The first-order valence-electron chi connectivity index (χ1n) is 8.57. The molecule has 1 rings (SSSR count). The molecule has 0 saturated heterocycles. The Labute approximate surface area is 181 Å². The van der Waals surface area contributed by atoms with Gasteiger partial charge in [0.2, 0.25) is 0 Å². The van der Waals surface area contributed by atoms with Gasteiger partial charge in [0.1, 0.15) is 5.75 Å². The average molecular weight is 543 g/mol. The zero-order valence-corrected chi connectivity index (χ0v) is 17.9. The second-order valence-corrected chi connectivity index (χ2v) is 5.96. The molecule has 168 valence electrons. The molecular formula is C17H24F6IN3O2. The van der Waals surface area contributed by atoms with Gasteiger partial charge in [-0.15, -0.1) is 37.1 Å². The third-order valence-corrected chi connectivity index (χ3v) is 3.49. The molecule has 0 bridgehead atoms. The van der Waals surface area contributed by atoms with Crippen LogP contribution in [0, 0.1) is 5.92 Å². The number of alkyl halides is 6. The molecule has 0 aliphatic heterocycles. The van der Waals surface area contributed by atoms with Crippen LogP contribution in [0.3, 0.4) is 0 Å². The number of hydrogen-bond donors (Lipinski definition) is 3. The van der Waals surface area contributed by atoms with Crippen molar-refractivity contribution in [1.29, 1.82) is 0 Å². The van der Waals surface area contributed by atoms with Crippen LogP contribution in [0.5, 0.6) is 5.75 Å². The smallest absolute Gasteiger partial charge is 0.406 e. The second kappa shape index (κ2) is 13.0. The fourth-order valence-corrected chi connectivity index (χ4v) is 2.23. The summed E-state index contributed by atoms with van der Waals surface area (Å²) < 4.78 is 76.9. The number of aliphatic imine (C=N–C) groups is 1. The summed E-state index contributed by atoms with van der Waals surface area (Å²) in [5.41, 5.74) is 0.666. The third-order valence-electron chi connectivity index (χ3n) is 3.49. The lowest BCUT2D eigenvalue weighted by atomic mass is 10.0. The standard InChI is InChI=1S/C17H23F6N3O2.HI/c1-2-24-15(25-8-7-16(18,19)20)26-10-13(11-27)9-12-3-5-14(6-4-12)28-17(21,22)23;/h3-6,13,27H,2,7-11H2,1H3,(H2,24,25,26);1H. The lowest BCUT2D eigenvalue weighted by Gasteiger charge is -2.16. The van der Waals surface area contributed by atoms with Gasteiger partial charge in [-0.05, 0) is 31.0 Å². The second-order valence-electron chi connectivity index (χ2n) is 5.96. The fourth-order valence-electron chi connectivity index (χ4n) is 2.23. The number of nitrogens with one attached hydrogen (secondary N) is 2. The molecule has 0 heterocycles. The van der Waals surface area contributed by atoms with Crippen molar-refractivity contribution in [1.82, 2.24) is 10.6 Å². The molecule has 1 aromatic carbocycles. The van der Waals surface area contributed by atoms with Crippen LogP contribution in [0.2, 0.25) is 0 Å². The van der Waals surface area contributed by atoms with Crippen molar-refractivity contribution >= 4 is 29.9 Å². The fraction of sp³-hybridized carbons (Fsp3) is 0.588. The lowest BCUT2D eigenvalue weighted by Crippen LogP contribution is -2.39. The Morgan fingerprint density at radius 2 is 1.72 bits per heavy atom. The zero-order valence-electron chi connectivity index (χ0n) is 15.6. The lowest BCUT2D eigenvalue weighted by molar-refractivity contribution is -0.274. The minimum atomic E-state index is -4.77. The third kappa shape index (κ3) is 13.4. The molecule has 29 heavy (non-hydrogen) atoms. The highest BCUT2D eigenvalue weighted by atomic mass is 127. The maximum Gasteiger partial charge on any atom is 0.573 e. The van der Waals surface area contributed by atoms with E-state index in [2.05, 4.69) is 20.4 Å². The number of benzene rings is 1. The molecule has 0 amide bonds. The molecule has 5 nitrogen and oxygen atoms in total. The molecule has 0 spiro atoms. The number of hydrogen-bond acceptors (Lipinski definition) is 3. The van der Waals surface area contributed by atoms with Crippen LogP contribution >= 0.6 is 24.0 Å². The van der Waals surface area contributed by atoms with Gasteiger partial charge in [0.15, 0.2) is 5.96 Å². The van der Waals surface area contributed by atoms with E-state index in [1.807, 2.05) is 0 Å². The van der Waals surface area contributed by atoms with E-state index >= 15 is 0 Å². The van der Waals surface area contributed by atoms with Crippen molar-refractivity contribution in [2.75, 3.05) is 26.2 Å². The molecule has 0 fully saturated rings. The highest BCUT2D eigenvalue weighted by Crippen LogP contribution is 2.23. The molecule has 0 saturated carbocycles. The van der Waals surface area contributed by atoms with Crippen molar-refractivity contribution in [3.63, 3.8) is 0 Å². The van der Waals surface area contributed by atoms with Gasteiger partial charge in [-0.25, -0.2) is 0 Å². The van der Waals surface area contributed by atoms with Crippen LogP contribution < -0.4 is 15.4 Å². The Bertz CT molecular complexity index is 609. The first kappa shape index (κ1) is 27.6. The largest absolute Gasteiger partial charge is 0.573 e. The monoisotopic (exact) mass is 543 g/mol. The molecule has 0 aromatic heterocycles. The Kier molecular flexibility index (Phi) is 12.3. The van der Waals surface area contributed by atoms with Crippen molar-refractivity contribution in [3.05, 3.63) is 29.8 Å². The summed E-state index contributed by atoms with van der Waals surface area (Å²) >= 11 is 0. The van der Waals surface area contributed by atoms with E-state index in [1.165, 1.54) is 24.3 Å². The number of nitrogens with zero attached hydrogens (tertiary/aromatic N) is 1. The summed E-state index contributed by atoms with van der Waals surface area (Å²) in [6.45, 7) is 1.75. The van der Waals surface area contributed by atoms with Gasteiger partial charge in [-0.1, -0.05) is 12.1 Å². The van der Waals surface area contributed by atoms with Gasteiger partial charge in [-0.2, -0.15) is 13.2 Å². The number of aliphatic hydroxyl groups excluding tert-OH is 1. The van der Waals surface area contributed by atoms with Gasteiger partial charge in [-0.3, -0.25) is 4.99 Å². The topological polar surface area (TPSA) is 65.9 Å². The first-order chi connectivity index (χ1) is 13.0. The number of halogens is 7. The van der Waals surface area contributed by atoms with E-state index in [0.717, 1.165) is 0 Å². The maximum absolute atomic E-state index is 12.2. The molecule has 3 N–H and O–H groups in total. The molecule has 0 aliphatic rings. The minimum absolute atomic E-state index is 0. The highest BCUT2D eigenvalue weighted by Gasteiger charge is 2.31. The van der Waals surface area contributed by atoms with Crippen LogP contribution in [0.25, 0.3) is 0 Å². The summed E-state index contributed by atoms with van der Waals surface area (Å²) in [4.78, 5) is 4.16. The van der Waals surface area contributed by atoms with Gasteiger partial charge in [0.25, 0.3) is 0 Å². The van der Waals surface area contributed by atoms with Gasteiger partial charge in [0, 0.05) is 32.2 Å². The van der Waals surface area contributed by atoms with E-state index in [4.69, 9.17) is 0 Å². The van der Waals surface area contributed by atoms with Crippen molar-refractivity contribution in [3.8, 4) is 5.75 Å². The summed E-state index contributed by atoms with van der Waals surface area (Å²) in [6, 6.07) is 5.23. The molecule has 12 heteroatoms. The predicted molar refractivity (Wildman–Crippen MR) is 107 cm³/mol. The van der Waals surface area contributed by atoms with Crippen LogP contribution in [0.1, 0.15) is 18.9 Å². The first-order valence-corrected chi connectivity index (χ1v) is 8.57. The van der Waals surface area contributed by atoms with E-state index in [1.54, 1.807) is 6.92 Å². The van der Waals surface area contributed by atoms with Crippen molar-refractivity contribution in [2.45, 2.75) is 32.3 Å². The van der Waals surface area contributed by atoms with Gasteiger partial charge >= 0.3 is 12.5 Å². The van der Waals surface area contributed by atoms with E-state index < -0.39 is 19.0 Å². The molecule has 1 unspecified atom stereocenters. The van der Waals surface area contributed by atoms with E-state index in [0.29, 0.717) is 18.5 Å². The summed E-state index contributed by atoms with van der Waals surface area (Å²) in [5, 5.41) is 14.9. The van der Waals surface area contributed by atoms with Crippen molar-refractivity contribution < 1.29 is 36.2 Å². The summed E-state index contributed by atoms with van der Waals surface area (Å²) in [7, 11) is 0. The van der Waals surface area contributed by atoms with E-state index in [9.17, 15) is 31.4 Å². The summed E-state index contributed by atoms with van der Waals surface area (Å²) in [6.07, 6.45) is -9.73. The van der Waals surface area contributed by atoms with E-state index in [-0.39, 0.29) is 61.3 Å². The number of guanidine groups is 1. The van der Waals surface area contributed by atoms with Gasteiger partial charge < -0.3 is 20.5 Å². The Morgan fingerprint density at radius 3 is 2.21 bits per heavy atom. The van der Waals surface area contributed by atoms with Gasteiger partial charge in [0.05, 0.1) is 6.42 Å². The Morgan fingerprint density at radius 1 is 1.10 bits per heavy atom. The molecular weight excluding hydrogens is 519 g/mol. The number of aliphatic hydroxyl groups is 1. The number of rotatable bonds is 9. The normalized spacial score (nSPS) is 13.4. The highest BCUT2D eigenvalue weighted by molar-refractivity contribution is 14.0. The molecule has 0 radical (unpaired) electrons. The number of ether oxygens (including phenoxy) is 1. The van der Waals surface area contributed by atoms with Crippen LogP contribution in [-0.4, -0.2) is 49.8 Å². The predicted octanol–water partition coefficient (Wildman–Crippen LogP) is 3.86. The molecule has 1 atom stereocenters. The average Bonchev–Trinajstić information content (AvgIpc) is 2.57. The van der Waals surface area contributed by atoms with Crippen LogP contribution in [-0.2, 0) is 6.42 Å². The summed E-state index contributed by atoms with van der Waals surface area (Å²) in [5.74, 6) is -0.510. The van der Waals surface area contributed by atoms with Crippen LogP contribution in [0.15, 0.2) is 29.3 Å². The molecule has 0 aliphatic carbocycles. The zero-order chi connectivity index (χ0) is 21.2. The quantitative estimate of drug-likeness (QED) is 0.192. The van der Waals surface area contributed by atoms with Crippen LogP contribution in [0.4, 0.5) is 26.3 Å². The minimum Gasteiger partial charge on any atom is -0.406 e. The maximum atomic E-state index is 12.2.